The summed E-state index contributed by atoms with van der Waals surface area (Å²) in [6.45, 7) is 1.86. The van der Waals surface area contributed by atoms with Crippen molar-refractivity contribution in [3.05, 3.63) is 41.0 Å². The van der Waals surface area contributed by atoms with E-state index in [2.05, 4.69) is 0 Å². The van der Waals surface area contributed by atoms with Gasteiger partial charge in [-0.3, -0.25) is 9.59 Å². The van der Waals surface area contributed by atoms with Crippen LogP contribution in [0.25, 0.3) is 6.08 Å². The summed E-state index contributed by atoms with van der Waals surface area (Å²) in [6.07, 6.45) is 5.03. The zero-order chi connectivity index (χ0) is 9.68. The molecule has 13 heavy (non-hydrogen) atoms. The van der Waals surface area contributed by atoms with E-state index in [0.29, 0.717) is 23.7 Å². The van der Waals surface area contributed by atoms with Gasteiger partial charge in [-0.2, -0.15) is 0 Å². The molecule has 0 bridgehead atoms. The fourth-order valence-electron chi connectivity index (χ4n) is 1.17. The highest BCUT2D eigenvalue weighted by molar-refractivity contribution is 5.93. The van der Waals surface area contributed by atoms with Crippen LogP contribution in [0, 0.1) is 0 Å². The highest BCUT2D eigenvalue weighted by Gasteiger charge is 2.03. The number of hydrogen-bond acceptors (Lipinski definition) is 2. The summed E-state index contributed by atoms with van der Waals surface area (Å²) in [6, 6.07) is 5.19. The number of carbonyl (C=O) groups excluding carboxylic acids is 2. The summed E-state index contributed by atoms with van der Waals surface area (Å²) in [5.41, 5.74) is 1.67. The Bertz CT molecular complexity index is 351. The van der Waals surface area contributed by atoms with Crippen molar-refractivity contribution in [3.8, 4) is 0 Å². The van der Waals surface area contributed by atoms with Crippen molar-refractivity contribution in [2.45, 2.75) is 6.92 Å². The van der Waals surface area contributed by atoms with Crippen LogP contribution < -0.4 is 0 Å². The van der Waals surface area contributed by atoms with Gasteiger partial charge in [-0.25, -0.2) is 0 Å². The van der Waals surface area contributed by atoms with E-state index in [1.54, 1.807) is 24.3 Å². The van der Waals surface area contributed by atoms with E-state index in [-0.39, 0.29) is 0 Å². The summed E-state index contributed by atoms with van der Waals surface area (Å²) in [5, 5.41) is 0. The Hall–Kier alpha value is -1.70. The van der Waals surface area contributed by atoms with Gasteiger partial charge in [0, 0.05) is 11.1 Å². The molecule has 0 atom stereocenters. The van der Waals surface area contributed by atoms with E-state index >= 15 is 0 Å². The Morgan fingerprint density at radius 1 is 1.08 bits per heavy atom. The van der Waals surface area contributed by atoms with E-state index in [9.17, 15) is 9.59 Å². The maximum atomic E-state index is 10.7. The SMILES string of the molecule is C/C=C/c1cccc(C=O)c1C=O. The lowest BCUT2D eigenvalue weighted by molar-refractivity contribution is 0.109. The molecule has 0 aliphatic rings. The molecule has 0 aliphatic heterocycles. The Morgan fingerprint density at radius 2 is 1.77 bits per heavy atom. The second-order valence-electron chi connectivity index (χ2n) is 2.59. The first-order chi connectivity index (χ1) is 6.33. The average molecular weight is 174 g/mol. The molecule has 2 nitrogen and oxygen atoms in total. The highest BCUT2D eigenvalue weighted by Crippen LogP contribution is 2.12. The molecule has 0 fully saturated rings. The first-order valence-electron chi connectivity index (χ1n) is 3.99. The molecular formula is C11H10O2. The maximum absolute atomic E-state index is 10.7. The minimum atomic E-state index is 0.436. The van der Waals surface area contributed by atoms with Gasteiger partial charge in [-0.15, -0.1) is 0 Å². The molecule has 1 aromatic carbocycles. The fraction of sp³-hybridized carbons (Fsp3) is 0.0909. The van der Waals surface area contributed by atoms with Gasteiger partial charge in [-0.05, 0) is 12.5 Å². The number of aldehydes is 2. The van der Waals surface area contributed by atoms with Crippen LogP contribution >= 0.6 is 0 Å². The van der Waals surface area contributed by atoms with E-state index in [4.69, 9.17) is 0 Å². The van der Waals surface area contributed by atoms with Crippen LogP contribution in [0.5, 0.6) is 0 Å². The molecular weight excluding hydrogens is 164 g/mol. The molecule has 0 spiro atoms. The van der Waals surface area contributed by atoms with Gasteiger partial charge in [-0.1, -0.05) is 30.4 Å². The summed E-state index contributed by atoms with van der Waals surface area (Å²) >= 11 is 0. The van der Waals surface area contributed by atoms with Gasteiger partial charge in [0.25, 0.3) is 0 Å². The highest BCUT2D eigenvalue weighted by atomic mass is 16.1. The third-order valence-electron chi connectivity index (χ3n) is 1.76. The number of benzene rings is 1. The van der Waals surface area contributed by atoms with Gasteiger partial charge < -0.3 is 0 Å². The van der Waals surface area contributed by atoms with Crippen LogP contribution in [0.15, 0.2) is 24.3 Å². The molecule has 0 unspecified atom stereocenters. The predicted octanol–water partition coefficient (Wildman–Crippen LogP) is 2.34. The predicted molar refractivity (Wildman–Crippen MR) is 51.9 cm³/mol. The van der Waals surface area contributed by atoms with Crippen molar-refractivity contribution in [1.29, 1.82) is 0 Å². The molecule has 1 aromatic rings. The molecule has 66 valence electrons. The average Bonchev–Trinajstić information content (AvgIpc) is 2.18. The lowest BCUT2D eigenvalue weighted by Crippen LogP contribution is -1.93. The molecule has 1 rings (SSSR count). The summed E-state index contributed by atoms with van der Waals surface area (Å²) < 4.78 is 0. The zero-order valence-corrected chi connectivity index (χ0v) is 7.36. The van der Waals surface area contributed by atoms with Crippen molar-refractivity contribution in [1.82, 2.24) is 0 Å². The van der Waals surface area contributed by atoms with Crippen LogP contribution in [-0.2, 0) is 0 Å². The molecule has 0 aliphatic carbocycles. The Balaban J connectivity index is 3.34. The van der Waals surface area contributed by atoms with Gasteiger partial charge in [0.1, 0.15) is 0 Å². The first-order valence-corrected chi connectivity index (χ1v) is 3.99. The van der Waals surface area contributed by atoms with Crippen LogP contribution in [0.4, 0.5) is 0 Å². The molecule has 0 heterocycles. The summed E-state index contributed by atoms with van der Waals surface area (Å²) in [4.78, 5) is 21.2. The molecule has 0 saturated carbocycles. The van der Waals surface area contributed by atoms with Crippen LogP contribution in [0.3, 0.4) is 0 Å². The number of hydrogen-bond donors (Lipinski definition) is 0. The molecule has 2 heteroatoms. The summed E-state index contributed by atoms with van der Waals surface area (Å²) in [5.74, 6) is 0. The van der Waals surface area contributed by atoms with E-state index in [1.807, 2.05) is 13.0 Å². The van der Waals surface area contributed by atoms with Crippen molar-refractivity contribution in [2.24, 2.45) is 0 Å². The van der Waals surface area contributed by atoms with E-state index in [0.717, 1.165) is 5.56 Å². The van der Waals surface area contributed by atoms with Crippen LogP contribution in [0.1, 0.15) is 33.2 Å². The number of allylic oxidation sites excluding steroid dienone is 1. The quantitative estimate of drug-likeness (QED) is 0.659. The van der Waals surface area contributed by atoms with Crippen molar-refractivity contribution in [2.75, 3.05) is 0 Å². The fourth-order valence-corrected chi connectivity index (χ4v) is 1.17. The number of rotatable bonds is 3. The molecule has 0 aromatic heterocycles. The number of carbonyl (C=O) groups is 2. The Morgan fingerprint density at radius 3 is 2.31 bits per heavy atom. The van der Waals surface area contributed by atoms with Gasteiger partial charge in [0.15, 0.2) is 12.6 Å². The minimum Gasteiger partial charge on any atom is -0.298 e. The molecule has 0 N–H and O–H groups in total. The monoisotopic (exact) mass is 174 g/mol. The normalized spacial score (nSPS) is 10.2. The molecule has 0 saturated heterocycles. The lowest BCUT2D eigenvalue weighted by atomic mass is 10.0. The topological polar surface area (TPSA) is 34.1 Å². The first kappa shape index (κ1) is 9.39. The largest absolute Gasteiger partial charge is 0.298 e. The lowest BCUT2D eigenvalue weighted by Gasteiger charge is -2.00. The van der Waals surface area contributed by atoms with E-state index in [1.165, 1.54) is 0 Å². The van der Waals surface area contributed by atoms with E-state index < -0.39 is 0 Å². The minimum absolute atomic E-state index is 0.436. The van der Waals surface area contributed by atoms with Gasteiger partial charge >= 0.3 is 0 Å². The van der Waals surface area contributed by atoms with Crippen LogP contribution in [0.2, 0.25) is 0 Å². The maximum Gasteiger partial charge on any atom is 0.151 e. The van der Waals surface area contributed by atoms with Crippen LogP contribution in [-0.4, -0.2) is 12.6 Å². The standard InChI is InChI=1S/C11H10O2/c1-2-4-9-5-3-6-10(7-12)11(9)8-13/h2-8H,1H3/b4-2+. The Labute approximate surface area is 76.9 Å². The molecule has 0 radical (unpaired) electrons. The smallest absolute Gasteiger partial charge is 0.151 e. The third kappa shape index (κ3) is 1.90. The van der Waals surface area contributed by atoms with Gasteiger partial charge in [0.2, 0.25) is 0 Å². The van der Waals surface area contributed by atoms with Crippen molar-refractivity contribution < 1.29 is 9.59 Å². The zero-order valence-electron chi connectivity index (χ0n) is 7.36. The second-order valence-corrected chi connectivity index (χ2v) is 2.59. The summed E-state index contributed by atoms with van der Waals surface area (Å²) in [7, 11) is 0. The van der Waals surface area contributed by atoms with Crippen molar-refractivity contribution >= 4 is 18.6 Å². The third-order valence-corrected chi connectivity index (χ3v) is 1.76. The van der Waals surface area contributed by atoms with Gasteiger partial charge in [0.05, 0.1) is 0 Å². The Kier molecular flexibility index (Phi) is 3.15. The molecule has 0 amide bonds. The van der Waals surface area contributed by atoms with Crippen molar-refractivity contribution in [3.63, 3.8) is 0 Å². The second kappa shape index (κ2) is 4.36.